The molecule has 0 saturated carbocycles. The molecular weight excluding hydrogens is 422 g/mol. The normalized spacial score (nSPS) is 12.0. The van der Waals surface area contributed by atoms with E-state index in [0.717, 1.165) is 5.56 Å². The summed E-state index contributed by atoms with van der Waals surface area (Å²) in [5.41, 5.74) is 6.42. The van der Waals surface area contributed by atoms with Crippen LogP contribution in [0.3, 0.4) is 0 Å². The number of nitrogens with two attached hydrogens (primary N) is 1. The molecule has 0 aliphatic rings. The highest BCUT2D eigenvalue weighted by atomic mass is 16.6. The van der Waals surface area contributed by atoms with Crippen LogP contribution in [0.5, 0.6) is 11.5 Å². The molecule has 0 aromatic heterocycles. The van der Waals surface area contributed by atoms with Crippen molar-refractivity contribution in [3.05, 3.63) is 71.9 Å². The Kier molecular flexibility index (Phi) is 9.03. The number of amidine groups is 1. The number of carbonyl (C=O) groups excluding carboxylic acids is 2. The van der Waals surface area contributed by atoms with Crippen molar-refractivity contribution in [2.75, 3.05) is 0 Å². The molecule has 0 radical (unpaired) electrons. The largest absolute Gasteiger partial charge is 0.491 e. The number of nitrogens with zero attached hydrogens (tertiary/aromatic N) is 1. The molecule has 2 amide bonds. The second-order valence-corrected chi connectivity index (χ2v) is 8.46. The molecule has 2 aromatic carbocycles. The van der Waals surface area contributed by atoms with Crippen LogP contribution >= 0.6 is 0 Å². The van der Waals surface area contributed by atoms with Crippen LogP contribution < -0.4 is 20.5 Å². The predicted octanol–water partition coefficient (Wildman–Crippen LogP) is 4.59. The molecule has 0 bridgehead atoms. The van der Waals surface area contributed by atoms with Gasteiger partial charge in [-0.3, -0.25) is 10.1 Å². The number of hydrogen-bond donors (Lipinski definition) is 2. The lowest BCUT2D eigenvalue weighted by molar-refractivity contribution is 0.0552. The van der Waals surface area contributed by atoms with Crippen LogP contribution in [-0.2, 0) is 11.3 Å². The first-order chi connectivity index (χ1) is 15.5. The third-order valence-electron chi connectivity index (χ3n) is 3.83. The minimum absolute atomic E-state index is 0.0852. The van der Waals surface area contributed by atoms with Crippen LogP contribution in [-0.4, -0.2) is 29.5 Å². The second kappa shape index (κ2) is 11.7. The van der Waals surface area contributed by atoms with Crippen LogP contribution in [0.1, 0.15) is 50.5 Å². The predicted molar refractivity (Wildman–Crippen MR) is 127 cm³/mol. The van der Waals surface area contributed by atoms with Gasteiger partial charge in [0.15, 0.2) is 0 Å². The van der Waals surface area contributed by atoms with Crippen molar-refractivity contribution in [1.82, 2.24) is 5.32 Å². The van der Waals surface area contributed by atoms with Gasteiger partial charge in [-0.25, -0.2) is 4.79 Å². The van der Waals surface area contributed by atoms with E-state index < -0.39 is 17.6 Å². The van der Waals surface area contributed by atoms with Gasteiger partial charge in [0.25, 0.3) is 5.91 Å². The molecule has 33 heavy (non-hydrogen) atoms. The molecule has 8 nitrogen and oxygen atoms in total. The summed E-state index contributed by atoms with van der Waals surface area (Å²) >= 11 is 0. The van der Waals surface area contributed by atoms with Gasteiger partial charge >= 0.3 is 6.09 Å². The van der Waals surface area contributed by atoms with E-state index >= 15 is 0 Å². The zero-order valence-corrected chi connectivity index (χ0v) is 19.6. The number of rotatable bonds is 8. The Hall–Kier alpha value is -3.81. The van der Waals surface area contributed by atoms with Gasteiger partial charge in [0.05, 0.1) is 6.10 Å². The van der Waals surface area contributed by atoms with Crippen molar-refractivity contribution in [3.63, 3.8) is 0 Å². The van der Waals surface area contributed by atoms with Gasteiger partial charge in [0.2, 0.25) is 0 Å². The molecule has 0 aliphatic heterocycles. The van der Waals surface area contributed by atoms with E-state index in [1.54, 1.807) is 39.0 Å². The summed E-state index contributed by atoms with van der Waals surface area (Å²) in [5, 5.41) is 2.40. The Morgan fingerprint density at radius 2 is 1.76 bits per heavy atom. The summed E-state index contributed by atoms with van der Waals surface area (Å²) in [5.74, 6) is 0.289. The molecule has 0 saturated heterocycles. The summed E-state index contributed by atoms with van der Waals surface area (Å²) in [7, 11) is 0. The van der Waals surface area contributed by atoms with Gasteiger partial charge in [0, 0.05) is 17.8 Å². The van der Waals surface area contributed by atoms with Crippen molar-refractivity contribution in [2.24, 2.45) is 10.7 Å². The minimum atomic E-state index is -0.642. The zero-order valence-electron chi connectivity index (χ0n) is 19.6. The van der Waals surface area contributed by atoms with Crippen LogP contribution in [0.15, 0.2) is 65.8 Å². The first kappa shape index (κ1) is 25.5. The van der Waals surface area contributed by atoms with E-state index in [-0.39, 0.29) is 17.5 Å². The third kappa shape index (κ3) is 9.90. The lowest BCUT2D eigenvalue weighted by atomic mass is 10.2. The molecule has 8 heteroatoms. The topological polar surface area (TPSA) is 112 Å². The van der Waals surface area contributed by atoms with Gasteiger partial charge in [-0.15, -0.1) is 0 Å². The van der Waals surface area contributed by atoms with Crippen LogP contribution in [0.4, 0.5) is 4.79 Å². The van der Waals surface area contributed by atoms with Crippen molar-refractivity contribution in [2.45, 2.75) is 52.9 Å². The van der Waals surface area contributed by atoms with Crippen molar-refractivity contribution in [3.8, 4) is 11.5 Å². The summed E-state index contributed by atoms with van der Waals surface area (Å²) < 4.78 is 16.7. The smallest absolute Gasteiger partial charge is 0.411 e. The Morgan fingerprint density at radius 3 is 2.39 bits per heavy atom. The van der Waals surface area contributed by atoms with Gasteiger partial charge in [0.1, 0.15) is 29.5 Å². The molecule has 176 valence electrons. The number of alkyl carbamates (subject to hydrolysis) is 1. The van der Waals surface area contributed by atoms with E-state index in [9.17, 15) is 9.59 Å². The minimum Gasteiger partial charge on any atom is -0.491 e. The standard InChI is InChI=1S/C25H31N3O5/c1-17(2)32-21-14-19(13-20(15-21)31-16-18-9-7-6-8-10-18)23(29)28-22(26)11-12-27-24(30)33-25(3,4)5/h6-15,17H,16H2,1-5H3,(H,27,30)(H2,26,28,29)/b12-11-. The van der Waals surface area contributed by atoms with Crippen LogP contribution in [0, 0.1) is 0 Å². The number of benzene rings is 2. The lowest BCUT2D eigenvalue weighted by Crippen LogP contribution is -2.30. The number of carbonyl (C=O) groups is 2. The van der Waals surface area contributed by atoms with E-state index in [2.05, 4.69) is 10.3 Å². The Bertz CT molecular complexity index is 1010. The van der Waals surface area contributed by atoms with Crippen LogP contribution in [0.25, 0.3) is 0 Å². The maximum absolute atomic E-state index is 12.7. The first-order valence-electron chi connectivity index (χ1n) is 10.5. The molecule has 0 unspecified atom stereocenters. The monoisotopic (exact) mass is 453 g/mol. The molecular formula is C25H31N3O5. The molecule has 3 N–H and O–H groups in total. The summed E-state index contributed by atoms with van der Waals surface area (Å²) in [6.45, 7) is 9.36. The van der Waals surface area contributed by atoms with E-state index in [1.807, 2.05) is 44.2 Å². The molecule has 0 fully saturated rings. The maximum Gasteiger partial charge on any atom is 0.411 e. The van der Waals surface area contributed by atoms with E-state index in [1.165, 1.54) is 12.3 Å². The lowest BCUT2D eigenvalue weighted by Gasteiger charge is -2.18. The highest BCUT2D eigenvalue weighted by Gasteiger charge is 2.15. The SMILES string of the molecule is CC(C)Oc1cc(OCc2ccccc2)cc(C(=O)N=C(N)/C=C\NC(=O)OC(C)(C)C)c1. The average molecular weight is 454 g/mol. The fourth-order valence-electron chi connectivity index (χ4n) is 2.58. The number of aliphatic imine (C=N–C) groups is 1. The highest BCUT2D eigenvalue weighted by Crippen LogP contribution is 2.25. The number of ether oxygens (including phenoxy) is 3. The molecule has 0 aliphatic carbocycles. The zero-order chi connectivity index (χ0) is 24.4. The van der Waals surface area contributed by atoms with Gasteiger partial charge in [-0.1, -0.05) is 30.3 Å². The first-order valence-corrected chi connectivity index (χ1v) is 10.5. The number of nitrogens with one attached hydrogen (secondary N) is 1. The summed E-state index contributed by atoms with van der Waals surface area (Å²) in [4.78, 5) is 28.2. The fourth-order valence-corrected chi connectivity index (χ4v) is 2.58. The average Bonchev–Trinajstić information content (AvgIpc) is 2.71. The van der Waals surface area contributed by atoms with Crippen molar-refractivity contribution >= 4 is 17.8 Å². The fraction of sp³-hybridized carbons (Fsp3) is 0.320. The quantitative estimate of drug-likeness (QED) is 0.447. The van der Waals surface area contributed by atoms with Crippen molar-refractivity contribution < 1.29 is 23.8 Å². The molecule has 0 spiro atoms. The Balaban J connectivity index is 2.12. The highest BCUT2D eigenvalue weighted by molar-refractivity contribution is 6.06. The Morgan fingerprint density at radius 1 is 1.09 bits per heavy atom. The Labute approximate surface area is 194 Å². The summed E-state index contributed by atoms with van der Waals surface area (Å²) in [6, 6.07) is 14.6. The van der Waals surface area contributed by atoms with Crippen LogP contribution in [0.2, 0.25) is 0 Å². The second-order valence-electron chi connectivity index (χ2n) is 8.46. The van der Waals surface area contributed by atoms with Gasteiger partial charge < -0.3 is 19.9 Å². The number of amides is 2. The molecule has 0 heterocycles. The number of hydrogen-bond acceptors (Lipinski definition) is 5. The molecule has 2 rings (SSSR count). The van der Waals surface area contributed by atoms with E-state index in [4.69, 9.17) is 19.9 Å². The molecule has 0 atom stereocenters. The van der Waals surface area contributed by atoms with Gasteiger partial charge in [-0.2, -0.15) is 4.99 Å². The van der Waals surface area contributed by atoms with E-state index in [0.29, 0.717) is 18.1 Å². The molecule has 2 aromatic rings. The maximum atomic E-state index is 12.7. The third-order valence-corrected chi connectivity index (χ3v) is 3.83. The van der Waals surface area contributed by atoms with Crippen molar-refractivity contribution in [1.29, 1.82) is 0 Å². The van der Waals surface area contributed by atoms with Gasteiger partial charge in [-0.05, 0) is 58.4 Å². The summed E-state index contributed by atoms with van der Waals surface area (Å²) in [6.07, 6.45) is 1.82.